The molecule has 1 aliphatic rings. The van der Waals surface area contributed by atoms with Gasteiger partial charge in [-0.05, 0) is 18.4 Å². The van der Waals surface area contributed by atoms with Crippen molar-refractivity contribution in [3.05, 3.63) is 35.4 Å². The molecule has 88 valence electrons. The summed E-state index contributed by atoms with van der Waals surface area (Å²) in [5.74, 6) is 0.637. The van der Waals surface area contributed by atoms with E-state index in [0.29, 0.717) is 12.0 Å². The first kappa shape index (κ1) is 11.6. The number of hydrogen-bond donors (Lipinski definition) is 1. The molecule has 1 aliphatic heterocycles. The number of aryl methyl sites for hydroxylation is 1. The minimum Gasteiger partial charge on any atom is -0.371 e. The van der Waals surface area contributed by atoms with E-state index >= 15 is 0 Å². The van der Waals surface area contributed by atoms with E-state index in [1.165, 1.54) is 11.1 Å². The largest absolute Gasteiger partial charge is 0.371 e. The Kier molecular flexibility index (Phi) is 3.62. The summed E-state index contributed by atoms with van der Waals surface area (Å²) in [6.45, 7) is 8.32. The van der Waals surface area contributed by atoms with E-state index in [2.05, 4.69) is 50.4 Å². The van der Waals surface area contributed by atoms with E-state index in [1.54, 1.807) is 0 Å². The molecule has 2 rings (SSSR count). The molecule has 0 aliphatic carbocycles. The summed E-state index contributed by atoms with van der Waals surface area (Å²) in [5.41, 5.74) is 2.58. The molecular weight excluding hydrogens is 198 g/mol. The van der Waals surface area contributed by atoms with Crippen molar-refractivity contribution < 1.29 is 4.74 Å². The van der Waals surface area contributed by atoms with Crippen molar-refractivity contribution in [1.29, 1.82) is 0 Å². The second kappa shape index (κ2) is 4.98. The monoisotopic (exact) mass is 219 g/mol. The molecule has 0 spiro atoms. The smallest absolute Gasteiger partial charge is 0.0950 e. The van der Waals surface area contributed by atoms with Gasteiger partial charge in [0.25, 0.3) is 0 Å². The third kappa shape index (κ3) is 2.63. The third-order valence-electron chi connectivity index (χ3n) is 3.26. The van der Waals surface area contributed by atoms with Crippen LogP contribution in [0, 0.1) is 12.8 Å². The number of ether oxygens (including phenoxy) is 1. The molecule has 1 saturated heterocycles. The minimum absolute atomic E-state index is 0.217. The van der Waals surface area contributed by atoms with E-state index in [0.717, 1.165) is 13.2 Å². The van der Waals surface area contributed by atoms with Gasteiger partial charge in [0.1, 0.15) is 0 Å². The maximum atomic E-state index is 5.93. The number of hydrogen-bond acceptors (Lipinski definition) is 2. The van der Waals surface area contributed by atoms with Gasteiger partial charge in [-0.1, -0.05) is 43.7 Å². The van der Waals surface area contributed by atoms with Crippen LogP contribution in [0.2, 0.25) is 0 Å². The summed E-state index contributed by atoms with van der Waals surface area (Å²) in [6, 6.07) is 9.08. The van der Waals surface area contributed by atoms with Gasteiger partial charge < -0.3 is 10.1 Å². The summed E-state index contributed by atoms with van der Waals surface area (Å²) >= 11 is 0. The number of morpholine rings is 1. The Morgan fingerprint density at radius 3 is 2.75 bits per heavy atom. The molecule has 1 fully saturated rings. The van der Waals surface area contributed by atoms with Gasteiger partial charge >= 0.3 is 0 Å². The summed E-state index contributed by atoms with van der Waals surface area (Å²) in [7, 11) is 0. The predicted octanol–water partition coefficient (Wildman–Crippen LogP) is 2.68. The first-order valence-corrected chi connectivity index (χ1v) is 6.08. The van der Waals surface area contributed by atoms with Crippen molar-refractivity contribution >= 4 is 0 Å². The topological polar surface area (TPSA) is 21.3 Å². The first-order valence-electron chi connectivity index (χ1n) is 6.08. The van der Waals surface area contributed by atoms with Crippen molar-refractivity contribution in [2.24, 2.45) is 5.92 Å². The molecule has 0 radical (unpaired) electrons. The van der Waals surface area contributed by atoms with Crippen molar-refractivity contribution in [3.63, 3.8) is 0 Å². The molecular formula is C14H21NO. The van der Waals surface area contributed by atoms with Gasteiger partial charge in [-0.15, -0.1) is 0 Å². The Balaban J connectivity index is 1.99. The quantitative estimate of drug-likeness (QED) is 0.825. The van der Waals surface area contributed by atoms with Crippen LogP contribution in [0.1, 0.15) is 31.1 Å². The van der Waals surface area contributed by atoms with Crippen LogP contribution in [0.25, 0.3) is 0 Å². The highest BCUT2D eigenvalue weighted by atomic mass is 16.5. The highest BCUT2D eigenvalue weighted by Gasteiger charge is 2.23. The van der Waals surface area contributed by atoms with Gasteiger partial charge in [-0.25, -0.2) is 0 Å². The number of benzene rings is 1. The fraction of sp³-hybridized carbons (Fsp3) is 0.571. The van der Waals surface area contributed by atoms with Crippen LogP contribution in [0.15, 0.2) is 24.3 Å². The normalized spacial score (nSPS) is 26.0. The maximum Gasteiger partial charge on any atom is 0.0950 e. The SMILES string of the molecule is Cc1cccc(C2CNC(C(C)C)CO2)c1. The van der Waals surface area contributed by atoms with Gasteiger partial charge in [-0.3, -0.25) is 0 Å². The van der Waals surface area contributed by atoms with Crippen LogP contribution in [0.4, 0.5) is 0 Å². The summed E-state index contributed by atoms with van der Waals surface area (Å²) in [5, 5.41) is 3.56. The molecule has 2 atom stereocenters. The van der Waals surface area contributed by atoms with Crippen LogP contribution in [0.3, 0.4) is 0 Å². The zero-order valence-corrected chi connectivity index (χ0v) is 10.4. The summed E-state index contributed by atoms with van der Waals surface area (Å²) in [6.07, 6.45) is 0.217. The molecule has 2 heteroatoms. The van der Waals surface area contributed by atoms with Crippen LogP contribution < -0.4 is 5.32 Å². The van der Waals surface area contributed by atoms with Gasteiger partial charge in [0.15, 0.2) is 0 Å². The van der Waals surface area contributed by atoms with Crippen LogP contribution >= 0.6 is 0 Å². The third-order valence-corrected chi connectivity index (χ3v) is 3.26. The average Bonchev–Trinajstić information content (AvgIpc) is 2.29. The van der Waals surface area contributed by atoms with Gasteiger partial charge in [-0.2, -0.15) is 0 Å². The zero-order valence-electron chi connectivity index (χ0n) is 10.4. The molecule has 2 unspecified atom stereocenters. The fourth-order valence-electron chi connectivity index (χ4n) is 2.11. The van der Waals surface area contributed by atoms with E-state index in [4.69, 9.17) is 4.74 Å². The summed E-state index contributed by atoms with van der Waals surface area (Å²) < 4.78 is 5.93. The number of rotatable bonds is 2. The zero-order chi connectivity index (χ0) is 11.5. The molecule has 1 N–H and O–H groups in total. The van der Waals surface area contributed by atoms with Gasteiger partial charge in [0.2, 0.25) is 0 Å². The van der Waals surface area contributed by atoms with E-state index in [9.17, 15) is 0 Å². The molecule has 16 heavy (non-hydrogen) atoms. The van der Waals surface area contributed by atoms with Gasteiger partial charge in [0.05, 0.1) is 12.7 Å². The average molecular weight is 219 g/mol. The molecule has 1 aromatic carbocycles. The highest BCUT2D eigenvalue weighted by molar-refractivity contribution is 5.24. The fourth-order valence-corrected chi connectivity index (χ4v) is 2.11. The Bertz CT molecular complexity index is 340. The lowest BCUT2D eigenvalue weighted by atomic mass is 10.0. The second-order valence-corrected chi connectivity index (χ2v) is 4.99. The molecule has 0 bridgehead atoms. The molecule has 0 amide bonds. The molecule has 2 nitrogen and oxygen atoms in total. The van der Waals surface area contributed by atoms with Crippen molar-refractivity contribution in [2.45, 2.75) is 32.9 Å². The Hall–Kier alpha value is -0.860. The van der Waals surface area contributed by atoms with Gasteiger partial charge in [0, 0.05) is 12.6 Å². The predicted molar refractivity (Wildman–Crippen MR) is 66.5 cm³/mol. The van der Waals surface area contributed by atoms with Crippen LogP contribution in [-0.4, -0.2) is 19.2 Å². The molecule has 0 aromatic heterocycles. The Morgan fingerprint density at radius 2 is 2.19 bits per heavy atom. The lowest BCUT2D eigenvalue weighted by molar-refractivity contribution is -0.00713. The van der Waals surface area contributed by atoms with Crippen LogP contribution in [0.5, 0.6) is 0 Å². The minimum atomic E-state index is 0.217. The molecule has 0 saturated carbocycles. The Morgan fingerprint density at radius 1 is 1.38 bits per heavy atom. The maximum absolute atomic E-state index is 5.93. The standard InChI is InChI=1S/C14H21NO/c1-10(2)13-9-16-14(8-15-13)12-6-4-5-11(3)7-12/h4-7,10,13-15H,8-9H2,1-3H3. The summed E-state index contributed by atoms with van der Waals surface area (Å²) in [4.78, 5) is 0. The van der Waals surface area contributed by atoms with E-state index < -0.39 is 0 Å². The first-order chi connectivity index (χ1) is 7.66. The Labute approximate surface area is 98.0 Å². The van der Waals surface area contributed by atoms with Crippen molar-refractivity contribution in [1.82, 2.24) is 5.32 Å². The van der Waals surface area contributed by atoms with E-state index in [-0.39, 0.29) is 6.10 Å². The van der Waals surface area contributed by atoms with Crippen molar-refractivity contribution in [3.8, 4) is 0 Å². The van der Waals surface area contributed by atoms with Crippen molar-refractivity contribution in [2.75, 3.05) is 13.2 Å². The highest BCUT2D eigenvalue weighted by Crippen LogP contribution is 2.22. The lowest BCUT2D eigenvalue weighted by Crippen LogP contribution is -2.45. The van der Waals surface area contributed by atoms with Crippen LogP contribution in [-0.2, 0) is 4.74 Å². The lowest BCUT2D eigenvalue weighted by Gasteiger charge is -2.32. The molecule has 1 heterocycles. The number of nitrogens with one attached hydrogen (secondary N) is 1. The molecule has 1 aromatic rings. The van der Waals surface area contributed by atoms with E-state index in [1.807, 2.05) is 0 Å². The second-order valence-electron chi connectivity index (χ2n) is 4.99.